The molecular weight excluding hydrogens is 246 g/mol. The zero-order valence-electron chi connectivity index (χ0n) is 10.7. The van der Waals surface area contributed by atoms with Crippen molar-refractivity contribution in [2.24, 2.45) is 5.41 Å². The van der Waals surface area contributed by atoms with E-state index in [0.29, 0.717) is 12.4 Å². The third-order valence-electron chi connectivity index (χ3n) is 2.69. The van der Waals surface area contributed by atoms with Gasteiger partial charge < -0.3 is 5.32 Å². The molecule has 1 unspecified atom stereocenters. The molecule has 0 amide bonds. The van der Waals surface area contributed by atoms with E-state index >= 15 is 0 Å². The van der Waals surface area contributed by atoms with Crippen molar-refractivity contribution in [3.05, 3.63) is 0 Å². The van der Waals surface area contributed by atoms with Gasteiger partial charge in [-0.3, -0.25) is 0 Å². The average Bonchev–Trinajstić information content (AvgIpc) is 2.15. The van der Waals surface area contributed by atoms with E-state index in [1.54, 1.807) is 6.92 Å². The van der Waals surface area contributed by atoms with Crippen molar-refractivity contribution in [2.45, 2.75) is 40.2 Å². The predicted octanol–water partition coefficient (Wildman–Crippen LogP) is 2.05. The molecule has 0 aliphatic heterocycles. The van der Waals surface area contributed by atoms with Crippen molar-refractivity contribution in [3.63, 3.8) is 0 Å². The molecule has 1 atom stereocenters. The maximum atomic E-state index is 11.3. The molecule has 0 spiro atoms. The number of nitrogens with one attached hydrogen (secondary N) is 1. The average molecular weight is 270 g/mol. The third kappa shape index (κ3) is 6.71. The quantitative estimate of drug-likeness (QED) is 0.720. The van der Waals surface area contributed by atoms with Crippen LogP contribution in [-0.4, -0.2) is 38.4 Å². The zero-order valence-corrected chi connectivity index (χ0v) is 12.3. The maximum Gasteiger partial charge on any atom is 0.151 e. The second kappa shape index (κ2) is 6.82. The van der Waals surface area contributed by atoms with Crippen LogP contribution in [0.2, 0.25) is 0 Å². The fraction of sp³-hybridized carbons (Fsp3) is 1.00. The fourth-order valence-electron chi connectivity index (χ4n) is 1.48. The Hall–Kier alpha value is 0.200. The summed E-state index contributed by atoms with van der Waals surface area (Å²) in [5.41, 5.74) is 0.102. The SMILES string of the molecule is CCS(=O)(=O)CCNC(CCCl)C(C)(C)C. The molecule has 0 heterocycles. The smallest absolute Gasteiger partial charge is 0.151 e. The Kier molecular flexibility index (Phi) is 6.90. The van der Waals surface area contributed by atoms with Crippen LogP contribution in [0.25, 0.3) is 0 Å². The zero-order chi connectivity index (χ0) is 12.8. The molecule has 0 saturated carbocycles. The first kappa shape index (κ1) is 16.2. The van der Waals surface area contributed by atoms with Crippen molar-refractivity contribution in [1.82, 2.24) is 5.32 Å². The van der Waals surface area contributed by atoms with E-state index in [9.17, 15) is 8.42 Å². The second-order valence-corrected chi connectivity index (χ2v) is 7.94. The van der Waals surface area contributed by atoms with E-state index < -0.39 is 9.84 Å². The summed E-state index contributed by atoms with van der Waals surface area (Å²) < 4.78 is 22.6. The lowest BCUT2D eigenvalue weighted by molar-refractivity contribution is 0.266. The summed E-state index contributed by atoms with van der Waals surface area (Å²) in [5.74, 6) is 1.01. The van der Waals surface area contributed by atoms with Gasteiger partial charge in [0, 0.05) is 24.2 Å². The molecule has 0 radical (unpaired) electrons. The Morgan fingerprint density at radius 3 is 2.25 bits per heavy atom. The molecule has 16 heavy (non-hydrogen) atoms. The van der Waals surface area contributed by atoms with Crippen LogP contribution in [0.5, 0.6) is 0 Å². The van der Waals surface area contributed by atoms with Gasteiger partial charge in [0.25, 0.3) is 0 Å². The first-order valence-corrected chi connectivity index (χ1v) is 8.08. The first-order valence-electron chi connectivity index (χ1n) is 5.72. The largest absolute Gasteiger partial charge is 0.312 e. The summed E-state index contributed by atoms with van der Waals surface area (Å²) in [6, 6.07) is 0.261. The number of alkyl halides is 1. The van der Waals surface area contributed by atoms with E-state index in [1.165, 1.54) is 0 Å². The Balaban J connectivity index is 4.14. The predicted molar refractivity (Wildman–Crippen MR) is 70.9 cm³/mol. The summed E-state index contributed by atoms with van der Waals surface area (Å²) in [6.45, 7) is 8.58. The minimum absolute atomic E-state index is 0.102. The lowest BCUT2D eigenvalue weighted by Gasteiger charge is -2.31. The Morgan fingerprint density at radius 1 is 1.31 bits per heavy atom. The van der Waals surface area contributed by atoms with E-state index in [0.717, 1.165) is 6.42 Å². The Morgan fingerprint density at radius 2 is 1.88 bits per heavy atom. The van der Waals surface area contributed by atoms with Gasteiger partial charge in [0.15, 0.2) is 9.84 Å². The molecule has 0 aliphatic carbocycles. The monoisotopic (exact) mass is 269 g/mol. The second-order valence-electron chi connectivity index (χ2n) is 5.09. The van der Waals surface area contributed by atoms with Crippen molar-refractivity contribution in [3.8, 4) is 0 Å². The van der Waals surface area contributed by atoms with E-state index in [1.807, 2.05) is 0 Å². The lowest BCUT2D eigenvalue weighted by atomic mass is 9.85. The molecule has 0 aromatic heterocycles. The van der Waals surface area contributed by atoms with Crippen molar-refractivity contribution >= 4 is 21.4 Å². The van der Waals surface area contributed by atoms with E-state index in [-0.39, 0.29) is 23.0 Å². The van der Waals surface area contributed by atoms with Gasteiger partial charge in [0.05, 0.1) is 5.75 Å². The molecule has 0 rings (SSSR count). The molecule has 5 heteroatoms. The van der Waals surface area contributed by atoms with E-state index in [2.05, 4.69) is 26.1 Å². The van der Waals surface area contributed by atoms with Crippen LogP contribution in [0.15, 0.2) is 0 Å². The molecule has 0 aliphatic rings. The molecule has 0 aromatic carbocycles. The molecule has 0 fully saturated rings. The molecule has 0 aromatic rings. The number of hydrogen-bond acceptors (Lipinski definition) is 3. The van der Waals surface area contributed by atoms with Gasteiger partial charge in [-0.15, -0.1) is 11.6 Å². The summed E-state index contributed by atoms with van der Waals surface area (Å²) >= 11 is 5.74. The Bertz CT molecular complexity index is 283. The highest BCUT2D eigenvalue weighted by molar-refractivity contribution is 7.91. The molecule has 0 bridgehead atoms. The summed E-state index contributed by atoms with van der Waals surface area (Å²) in [5, 5.41) is 3.29. The van der Waals surface area contributed by atoms with Gasteiger partial charge in [-0.05, 0) is 11.8 Å². The van der Waals surface area contributed by atoms with Crippen molar-refractivity contribution < 1.29 is 8.42 Å². The number of halogens is 1. The third-order valence-corrected chi connectivity index (χ3v) is 4.61. The topological polar surface area (TPSA) is 46.2 Å². The summed E-state index contributed by atoms with van der Waals surface area (Å²) in [6.07, 6.45) is 0.858. The maximum absolute atomic E-state index is 11.3. The highest BCUT2D eigenvalue weighted by Crippen LogP contribution is 2.21. The molecule has 3 nitrogen and oxygen atoms in total. The first-order chi connectivity index (χ1) is 7.23. The Labute approximate surface area is 105 Å². The minimum atomic E-state index is -2.87. The van der Waals surface area contributed by atoms with Crippen molar-refractivity contribution in [1.29, 1.82) is 0 Å². The van der Waals surface area contributed by atoms with Gasteiger partial charge in [-0.2, -0.15) is 0 Å². The van der Waals surface area contributed by atoms with Gasteiger partial charge in [-0.25, -0.2) is 8.42 Å². The highest BCUT2D eigenvalue weighted by atomic mass is 35.5. The summed E-state index contributed by atoms with van der Waals surface area (Å²) in [7, 11) is -2.87. The molecular formula is C11H24ClNO2S. The molecule has 98 valence electrons. The minimum Gasteiger partial charge on any atom is -0.312 e. The normalized spacial score (nSPS) is 15.1. The van der Waals surface area contributed by atoms with Gasteiger partial charge >= 0.3 is 0 Å². The van der Waals surface area contributed by atoms with Crippen LogP contribution < -0.4 is 5.32 Å². The van der Waals surface area contributed by atoms with E-state index in [4.69, 9.17) is 11.6 Å². The lowest BCUT2D eigenvalue weighted by Crippen LogP contribution is -2.42. The van der Waals surface area contributed by atoms with Crippen LogP contribution in [0.3, 0.4) is 0 Å². The van der Waals surface area contributed by atoms with Crippen LogP contribution in [-0.2, 0) is 9.84 Å². The van der Waals surface area contributed by atoms with Crippen molar-refractivity contribution in [2.75, 3.05) is 23.9 Å². The van der Waals surface area contributed by atoms with Gasteiger partial charge in [-0.1, -0.05) is 27.7 Å². The standard InChI is InChI=1S/C11H24ClNO2S/c1-5-16(14,15)9-8-13-10(6-7-12)11(2,3)4/h10,13H,5-9H2,1-4H3. The number of hydrogen-bond donors (Lipinski definition) is 1. The molecule has 1 N–H and O–H groups in total. The van der Waals surface area contributed by atoms with Gasteiger partial charge in [0.2, 0.25) is 0 Å². The number of rotatable bonds is 7. The van der Waals surface area contributed by atoms with Gasteiger partial charge in [0.1, 0.15) is 0 Å². The molecule has 0 saturated heterocycles. The van der Waals surface area contributed by atoms with Crippen LogP contribution in [0, 0.1) is 5.41 Å². The van der Waals surface area contributed by atoms with Crippen LogP contribution in [0.4, 0.5) is 0 Å². The fourth-order valence-corrected chi connectivity index (χ4v) is 2.42. The number of sulfone groups is 1. The van der Waals surface area contributed by atoms with Crippen LogP contribution in [0.1, 0.15) is 34.1 Å². The summed E-state index contributed by atoms with van der Waals surface area (Å²) in [4.78, 5) is 0. The van der Waals surface area contributed by atoms with Crippen LogP contribution >= 0.6 is 11.6 Å². The highest BCUT2D eigenvalue weighted by Gasteiger charge is 2.23.